The van der Waals surface area contributed by atoms with Crippen molar-refractivity contribution in [1.29, 1.82) is 0 Å². The highest BCUT2D eigenvalue weighted by molar-refractivity contribution is 7.98. The van der Waals surface area contributed by atoms with E-state index in [2.05, 4.69) is 25.1 Å². The largest absolute Gasteiger partial charge is 0.389 e. The Balaban J connectivity index is 2.37. The van der Waals surface area contributed by atoms with Gasteiger partial charge in [0.15, 0.2) is 0 Å². The van der Waals surface area contributed by atoms with Crippen LogP contribution in [0.25, 0.3) is 0 Å². The quantitative estimate of drug-likeness (QED) is 0.786. The van der Waals surface area contributed by atoms with Crippen LogP contribution in [0.5, 0.6) is 0 Å². The first-order chi connectivity index (χ1) is 7.07. The Morgan fingerprint density at radius 1 is 1.33 bits per heavy atom. The van der Waals surface area contributed by atoms with Gasteiger partial charge < -0.3 is 10.0 Å². The second-order valence-corrected chi connectivity index (χ2v) is 5.92. The van der Waals surface area contributed by atoms with Crippen molar-refractivity contribution in [3.05, 3.63) is 0 Å². The standard InChI is InChI=1S/C12H25NOS/c1-11(9-15-3)13(2)10-12(14)7-5-4-6-8-12/h11,14H,4-10H2,1-3H3. The maximum atomic E-state index is 10.4. The molecule has 3 heteroatoms. The third-order valence-corrected chi connectivity index (χ3v) is 4.30. The molecule has 1 unspecified atom stereocenters. The first-order valence-electron chi connectivity index (χ1n) is 5.99. The van der Waals surface area contributed by atoms with Gasteiger partial charge in [0.2, 0.25) is 0 Å². The molecule has 0 amide bonds. The third kappa shape index (κ3) is 4.33. The number of thioether (sulfide) groups is 1. The van der Waals surface area contributed by atoms with Crippen molar-refractivity contribution in [2.45, 2.75) is 50.7 Å². The Bertz CT molecular complexity index is 180. The predicted octanol–water partition coefficient (Wildman–Crippen LogP) is 2.36. The molecule has 1 N–H and O–H groups in total. The minimum absolute atomic E-state index is 0.403. The van der Waals surface area contributed by atoms with E-state index >= 15 is 0 Å². The Hall–Kier alpha value is 0.270. The van der Waals surface area contributed by atoms with Gasteiger partial charge in [0.25, 0.3) is 0 Å². The molecular formula is C12H25NOS. The van der Waals surface area contributed by atoms with Crippen LogP contribution >= 0.6 is 11.8 Å². The molecule has 1 aliphatic carbocycles. The van der Waals surface area contributed by atoms with Gasteiger partial charge in [-0.2, -0.15) is 11.8 Å². The summed E-state index contributed by atoms with van der Waals surface area (Å²) in [6.07, 6.45) is 7.81. The number of hydrogen-bond donors (Lipinski definition) is 1. The Labute approximate surface area is 98.4 Å². The van der Waals surface area contributed by atoms with Crippen molar-refractivity contribution in [3.8, 4) is 0 Å². The molecule has 15 heavy (non-hydrogen) atoms. The second kappa shape index (κ2) is 6.12. The van der Waals surface area contributed by atoms with Gasteiger partial charge in [-0.1, -0.05) is 19.3 Å². The molecule has 0 aromatic rings. The summed E-state index contributed by atoms with van der Waals surface area (Å²) in [6.45, 7) is 3.08. The SMILES string of the molecule is CSCC(C)N(C)CC1(O)CCCCC1. The minimum Gasteiger partial charge on any atom is -0.389 e. The van der Waals surface area contributed by atoms with Gasteiger partial charge in [0.05, 0.1) is 5.60 Å². The van der Waals surface area contributed by atoms with Crippen LogP contribution in [-0.4, -0.2) is 47.3 Å². The number of hydrogen-bond acceptors (Lipinski definition) is 3. The molecule has 2 nitrogen and oxygen atoms in total. The average Bonchev–Trinajstić information content (AvgIpc) is 2.18. The topological polar surface area (TPSA) is 23.5 Å². The summed E-state index contributed by atoms with van der Waals surface area (Å²) in [5.41, 5.74) is -0.403. The van der Waals surface area contributed by atoms with Crippen LogP contribution in [0.15, 0.2) is 0 Å². The van der Waals surface area contributed by atoms with E-state index in [1.54, 1.807) is 0 Å². The van der Waals surface area contributed by atoms with Gasteiger partial charge in [-0.15, -0.1) is 0 Å². The summed E-state index contributed by atoms with van der Waals surface area (Å²) in [5.74, 6) is 1.15. The van der Waals surface area contributed by atoms with Crippen LogP contribution in [0.3, 0.4) is 0 Å². The lowest BCUT2D eigenvalue weighted by Gasteiger charge is -2.37. The molecule has 1 aliphatic rings. The summed E-state index contributed by atoms with van der Waals surface area (Å²) in [7, 11) is 2.13. The highest BCUT2D eigenvalue weighted by Crippen LogP contribution is 2.29. The fourth-order valence-electron chi connectivity index (χ4n) is 2.36. The molecule has 0 spiro atoms. The molecule has 1 fully saturated rings. The van der Waals surface area contributed by atoms with Gasteiger partial charge in [0.1, 0.15) is 0 Å². The number of nitrogens with zero attached hydrogens (tertiary/aromatic N) is 1. The van der Waals surface area contributed by atoms with Crippen LogP contribution in [0.4, 0.5) is 0 Å². The lowest BCUT2D eigenvalue weighted by Crippen LogP contribution is -2.46. The second-order valence-electron chi connectivity index (χ2n) is 5.00. The first-order valence-corrected chi connectivity index (χ1v) is 7.38. The van der Waals surface area contributed by atoms with Gasteiger partial charge in [-0.3, -0.25) is 0 Å². The van der Waals surface area contributed by atoms with Crippen molar-refractivity contribution in [1.82, 2.24) is 4.90 Å². The Kier molecular flexibility index (Phi) is 5.44. The lowest BCUT2D eigenvalue weighted by atomic mass is 9.84. The number of likely N-dealkylation sites (N-methyl/N-ethyl adjacent to an activating group) is 1. The van der Waals surface area contributed by atoms with Crippen molar-refractivity contribution < 1.29 is 5.11 Å². The highest BCUT2D eigenvalue weighted by atomic mass is 32.2. The summed E-state index contributed by atoms with van der Waals surface area (Å²) in [6, 6.07) is 0.561. The number of rotatable bonds is 5. The molecule has 1 saturated carbocycles. The summed E-state index contributed by atoms with van der Waals surface area (Å²) in [5, 5.41) is 10.4. The van der Waals surface area contributed by atoms with Crippen LogP contribution in [0, 0.1) is 0 Å². The smallest absolute Gasteiger partial charge is 0.0774 e. The summed E-state index contributed by atoms with van der Waals surface area (Å²) in [4.78, 5) is 2.31. The minimum atomic E-state index is -0.403. The number of aliphatic hydroxyl groups is 1. The van der Waals surface area contributed by atoms with Crippen LogP contribution in [0.2, 0.25) is 0 Å². The molecule has 0 aliphatic heterocycles. The zero-order chi connectivity index (χ0) is 11.3. The molecule has 0 heterocycles. The van der Waals surface area contributed by atoms with Crippen molar-refractivity contribution >= 4 is 11.8 Å². The van der Waals surface area contributed by atoms with E-state index in [-0.39, 0.29) is 0 Å². The van der Waals surface area contributed by atoms with E-state index in [9.17, 15) is 5.11 Å². The third-order valence-electron chi connectivity index (χ3n) is 3.49. The van der Waals surface area contributed by atoms with Crippen molar-refractivity contribution in [2.24, 2.45) is 0 Å². The highest BCUT2D eigenvalue weighted by Gasteiger charge is 2.31. The summed E-state index contributed by atoms with van der Waals surface area (Å²) >= 11 is 1.88. The molecule has 0 radical (unpaired) electrons. The van der Waals surface area contributed by atoms with Crippen molar-refractivity contribution in [3.63, 3.8) is 0 Å². The zero-order valence-corrected chi connectivity index (χ0v) is 11.1. The summed E-state index contributed by atoms with van der Waals surface area (Å²) < 4.78 is 0. The van der Waals surface area contributed by atoms with E-state index in [0.717, 1.165) is 25.1 Å². The Morgan fingerprint density at radius 2 is 1.93 bits per heavy atom. The zero-order valence-electron chi connectivity index (χ0n) is 10.3. The molecule has 0 saturated heterocycles. The molecule has 1 atom stereocenters. The molecule has 0 aromatic carbocycles. The Morgan fingerprint density at radius 3 is 2.47 bits per heavy atom. The van der Waals surface area contributed by atoms with E-state index in [0.29, 0.717) is 6.04 Å². The predicted molar refractivity (Wildman–Crippen MR) is 68.5 cm³/mol. The maximum absolute atomic E-state index is 10.4. The molecule has 90 valence electrons. The van der Waals surface area contributed by atoms with E-state index in [1.807, 2.05) is 11.8 Å². The van der Waals surface area contributed by atoms with E-state index in [4.69, 9.17) is 0 Å². The lowest BCUT2D eigenvalue weighted by molar-refractivity contribution is -0.0261. The average molecular weight is 231 g/mol. The normalized spacial score (nSPS) is 23.0. The molecule has 1 rings (SSSR count). The monoisotopic (exact) mass is 231 g/mol. The fraction of sp³-hybridized carbons (Fsp3) is 1.00. The van der Waals surface area contributed by atoms with E-state index < -0.39 is 5.60 Å². The van der Waals surface area contributed by atoms with Crippen LogP contribution in [0.1, 0.15) is 39.0 Å². The van der Waals surface area contributed by atoms with Gasteiger partial charge in [-0.25, -0.2) is 0 Å². The van der Waals surface area contributed by atoms with Crippen LogP contribution in [-0.2, 0) is 0 Å². The van der Waals surface area contributed by atoms with E-state index in [1.165, 1.54) is 19.3 Å². The molecular weight excluding hydrogens is 206 g/mol. The fourth-order valence-corrected chi connectivity index (χ4v) is 3.09. The molecule has 0 aromatic heterocycles. The molecule has 0 bridgehead atoms. The van der Waals surface area contributed by atoms with Gasteiger partial charge in [-0.05, 0) is 33.1 Å². The van der Waals surface area contributed by atoms with Crippen LogP contribution < -0.4 is 0 Å². The van der Waals surface area contributed by atoms with Gasteiger partial charge in [0, 0.05) is 18.3 Å². The van der Waals surface area contributed by atoms with Gasteiger partial charge >= 0.3 is 0 Å². The van der Waals surface area contributed by atoms with Crippen molar-refractivity contribution in [2.75, 3.05) is 25.6 Å². The first kappa shape index (κ1) is 13.3. The maximum Gasteiger partial charge on any atom is 0.0774 e.